The quantitative estimate of drug-likeness (QED) is 0.524. The van der Waals surface area contributed by atoms with E-state index in [0.717, 1.165) is 49.8 Å². The van der Waals surface area contributed by atoms with Crippen molar-refractivity contribution in [3.63, 3.8) is 0 Å². The molecule has 2 fully saturated rings. The molecule has 32 heavy (non-hydrogen) atoms. The van der Waals surface area contributed by atoms with Crippen LogP contribution in [0.1, 0.15) is 37.8 Å². The van der Waals surface area contributed by atoms with Crippen molar-refractivity contribution in [2.24, 2.45) is 0 Å². The molecule has 6 rings (SSSR count). The first-order chi connectivity index (χ1) is 15.7. The van der Waals surface area contributed by atoms with Gasteiger partial charge in [-0.15, -0.1) is 0 Å². The number of H-pyrrole nitrogens is 1. The maximum atomic E-state index is 12.8. The van der Waals surface area contributed by atoms with Crippen LogP contribution >= 0.6 is 0 Å². The van der Waals surface area contributed by atoms with Crippen LogP contribution in [0.3, 0.4) is 0 Å². The summed E-state index contributed by atoms with van der Waals surface area (Å²) in [4.78, 5) is 43.9. The summed E-state index contributed by atoms with van der Waals surface area (Å²) < 4.78 is 8.84. The van der Waals surface area contributed by atoms with E-state index in [1.165, 1.54) is 13.4 Å². The second kappa shape index (κ2) is 7.18. The van der Waals surface area contributed by atoms with Gasteiger partial charge < -0.3 is 14.6 Å². The molecule has 3 aromatic heterocycles. The fourth-order valence-corrected chi connectivity index (χ4v) is 4.79. The molecule has 0 radical (unpaired) electrons. The van der Waals surface area contributed by atoms with Crippen LogP contribution in [0.5, 0.6) is 5.88 Å². The lowest BCUT2D eigenvalue weighted by Crippen LogP contribution is -2.38. The molecule has 1 N–H and O–H groups in total. The number of ether oxygens (including phenoxy) is 1. The Labute approximate surface area is 182 Å². The number of fused-ring (bicyclic) bond motifs is 2. The monoisotopic (exact) mass is 433 g/mol. The molecule has 2 aliphatic rings. The first kappa shape index (κ1) is 19.0. The summed E-state index contributed by atoms with van der Waals surface area (Å²) in [6.45, 7) is 1.44. The molecule has 4 aromatic rings. The number of nitrogens with zero attached hydrogens (tertiary/aromatic N) is 6. The number of rotatable bonds is 4. The van der Waals surface area contributed by atoms with E-state index >= 15 is 0 Å². The Morgan fingerprint density at radius 3 is 2.50 bits per heavy atom. The third-order valence-corrected chi connectivity index (χ3v) is 6.49. The van der Waals surface area contributed by atoms with E-state index in [0.29, 0.717) is 17.0 Å². The summed E-state index contributed by atoms with van der Waals surface area (Å²) in [5, 5.41) is 0. The maximum absolute atomic E-state index is 12.8. The first-order valence-electron chi connectivity index (χ1n) is 10.9. The molecule has 0 atom stereocenters. The number of hydrogen-bond donors (Lipinski definition) is 1. The number of aromatic nitrogens is 6. The van der Waals surface area contributed by atoms with Gasteiger partial charge in [-0.2, -0.15) is 0 Å². The number of methoxy groups -OCH3 is 1. The Bertz CT molecular complexity index is 1440. The molecule has 0 amide bonds. The summed E-state index contributed by atoms with van der Waals surface area (Å²) in [6, 6.07) is 8.03. The largest absolute Gasteiger partial charge is 0.477 e. The zero-order valence-corrected chi connectivity index (χ0v) is 17.7. The van der Waals surface area contributed by atoms with Gasteiger partial charge >= 0.3 is 11.2 Å². The SMILES string of the molecule is COc1nc2c(N3CCC(n4c(=O)[nH]c5ccccc54)CC3)ncnc2n(C2CC2)c1=O. The Balaban J connectivity index is 1.35. The number of para-hydroxylation sites is 2. The highest BCUT2D eigenvalue weighted by Crippen LogP contribution is 2.37. The highest BCUT2D eigenvalue weighted by Gasteiger charge is 2.31. The minimum absolute atomic E-state index is 0.0701. The van der Waals surface area contributed by atoms with E-state index in [4.69, 9.17) is 4.74 Å². The second-order valence-corrected chi connectivity index (χ2v) is 8.43. The molecule has 0 bridgehead atoms. The van der Waals surface area contributed by atoms with Gasteiger partial charge in [0.1, 0.15) is 6.33 Å². The molecule has 0 spiro atoms. The Morgan fingerprint density at radius 2 is 1.75 bits per heavy atom. The highest BCUT2D eigenvalue weighted by atomic mass is 16.5. The normalized spacial score (nSPS) is 17.3. The minimum Gasteiger partial charge on any atom is -0.477 e. The molecule has 164 valence electrons. The van der Waals surface area contributed by atoms with Crippen molar-refractivity contribution in [3.05, 3.63) is 51.4 Å². The van der Waals surface area contributed by atoms with E-state index in [9.17, 15) is 9.59 Å². The molecule has 1 aliphatic heterocycles. The zero-order valence-electron chi connectivity index (χ0n) is 17.7. The standard InChI is InChI=1S/C22H23N7O3/c1-32-20-21(30)29(13-6-7-13)19-17(26-20)18(23-12-24-19)27-10-8-14(9-11-27)28-16-5-3-2-4-15(16)25-22(28)31/h2-5,12-14H,6-11H2,1H3,(H,25,31). The van der Waals surface area contributed by atoms with Crippen molar-refractivity contribution in [3.8, 4) is 5.88 Å². The van der Waals surface area contributed by atoms with Gasteiger partial charge in [-0.1, -0.05) is 12.1 Å². The van der Waals surface area contributed by atoms with Gasteiger partial charge in [0.05, 0.1) is 18.1 Å². The molecule has 1 saturated heterocycles. The lowest BCUT2D eigenvalue weighted by atomic mass is 10.0. The van der Waals surface area contributed by atoms with Gasteiger partial charge in [0.25, 0.3) is 5.88 Å². The maximum Gasteiger partial charge on any atom is 0.326 e. The van der Waals surface area contributed by atoms with Crippen molar-refractivity contribution < 1.29 is 4.74 Å². The molecule has 1 aromatic carbocycles. The lowest BCUT2D eigenvalue weighted by Gasteiger charge is -2.33. The highest BCUT2D eigenvalue weighted by molar-refractivity contribution is 5.83. The summed E-state index contributed by atoms with van der Waals surface area (Å²) in [5.41, 5.74) is 2.61. The number of imidazole rings is 1. The number of anilines is 1. The van der Waals surface area contributed by atoms with Gasteiger partial charge in [0.2, 0.25) is 0 Å². The Morgan fingerprint density at radius 1 is 1.00 bits per heavy atom. The average molecular weight is 433 g/mol. The van der Waals surface area contributed by atoms with E-state index in [1.54, 1.807) is 4.57 Å². The van der Waals surface area contributed by atoms with Gasteiger partial charge in [-0.05, 0) is 37.8 Å². The lowest BCUT2D eigenvalue weighted by molar-refractivity contribution is 0.386. The zero-order chi connectivity index (χ0) is 21.8. The van der Waals surface area contributed by atoms with Crippen molar-refractivity contribution in [2.75, 3.05) is 25.1 Å². The molecule has 1 saturated carbocycles. The Hall–Kier alpha value is -3.69. The van der Waals surface area contributed by atoms with Crippen LogP contribution in [0, 0.1) is 0 Å². The third kappa shape index (κ3) is 2.89. The molecule has 10 nitrogen and oxygen atoms in total. The fraction of sp³-hybridized carbons (Fsp3) is 0.409. The van der Waals surface area contributed by atoms with E-state index in [2.05, 4.69) is 24.8 Å². The van der Waals surface area contributed by atoms with Crippen LogP contribution in [0.15, 0.2) is 40.2 Å². The van der Waals surface area contributed by atoms with Crippen LogP contribution in [-0.4, -0.2) is 49.3 Å². The topological polar surface area (TPSA) is 111 Å². The van der Waals surface area contributed by atoms with Crippen LogP contribution in [0.25, 0.3) is 22.2 Å². The third-order valence-electron chi connectivity index (χ3n) is 6.49. The van der Waals surface area contributed by atoms with Crippen LogP contribution < -0.4 is 20.9 Å². The average Bonchev–Trinajstić information content (AvgIpc) is 3.59. The van der Waals surface area contributed by atoms with Crippen molar-refractivity contribution in [2.45, 2.75) is 37.8 Å². The molecule has 10 heteroatoms. The Kier molecular flexibility index (Phi) is 4.27. The second-order valence-electron chi connectivity index (χ2n) is 8.43. The van der Waals surface area contributed by atoms with Crippen LogP contribution in [-0.2, 0) is 0 Å². The predicted molar refractivity (Wildman–Crippen MR) is 119 cm³/mol. The summed E-state index contributed by atoms with van der Waals surface area (Å²) in [7, 11) is 1.46. The van der Waals surface area contributed by atoms with Gasteiger partial charge in [-0.3, -0.25) is 13.9 Å². The number of benzene rings is 1. The van der Waals surface area contributed by atoms with Gasteiger partial charge in [-0.25, -0.2) is 19.7 Å². The molecule has 1 aliphatic carbocycles. The summed E-state index contributed by atoms with van der Waals surface area (Å²) in [5.74, 6) is 0.771. The van der Waals surface area contributed by atoms with Crippen LogP contribution in [0.4, 0.5) is 5.82 Å². The first-order valence-corrected chi connectivity index (χ1v) is 10.9. The summed E-state index contributed by atoms with van der Waals surface area (Å²) >= 11 is 0. The smallest absolute Gasteiger partial charge is 0.326 e. The molecule has 0 unspecified atom stereocenters. The van der Waals surface area contributed by atoms with Crippen molar-refractivity contribution >= 4 is 28.0 Å². The molecular weight excluding hydrogens is 410 g/mol. The van der Waals surface area contributed by atoms with E-state index < -0.39 is 0 Å². The van der Waals surface area contributed by atoms with Gasteiger partial charge in [0.15, 0.2) is 17.0 Å². The molecule has 4 heterocycles. The van der Waals surface area contributed by atoms with Crippen LogP contribution in [0.2, 0.25) is 0 Å². The number of hydrogen-bond acceptors (Lipinski definition) is 7. The van der Waals surface area contributed by atoms with Crippen molar-refractivity contribution in [1.29, 1.82) is 0 Å². The minimum atomic E-state index is -0.246. The van der Waals surface area contributed by atoms with Crippen molar-refractivity contribution in [1.82, 2.24) is 29.1 Å². The number of aromatic amines is 1. The summed E-state index contributed by atoms with van der Waals surface area (Å²) in [6.07, 6.45) is 5.00. The van der Waals surface area contributed by atoms with Gasteiger partial charge in [0, 0.05) is 25.2 Å². The number of piperidine rings is 1. The number of nitrogens with one attached hydrogen (secondary N) is 1. The fourth-order valence-electron chi connectivity index (χ4n) is 4.79. The van der Waals surface area contributed by atoms with E-state index in [1.807, 2.05) is 28.8 Å². The van der Waals surface area contributed by atoms with E-state index in [-0.39, 0.29) is 29.2 Å². The predicted octanol–water partition coefficient (Wildman–Crippen LogP) is 2.01. The molecular formula is C22H23N7O3.